The van der Waals surface area contributed by atoms with Gasteiger partial charge in [-0.05, 0) is 36.7 Å². The molecule has 0 aliphatic carbocycles. The van der Waals surface area contributed by atoms with Crippen molar-refractivity contribution in [3.05, 3.63) is 24.3 Å². The molecule has 1 aromatic rings. The van der Waals surface area contributed by atoms with Crippen molar-refractivity contribution in [3.8, 4) is 5.75 Å². The summed E-state index contributed by atoms with van der Waals surface area (Å²) in [6.07, 6.45) is 1.19. The average molecular weight is 272 g/mol. The lowest BCUT2D eigenvalue weighted by Crippen LogP contribution is -2.21. The molecule has 0 aliphatic heterocycles. The van der Waals surface area contributed by atoms with E-state index in [1.165, 1.54) is 24.3 Å². The van der Waals surface area contributed by atoms with Gasteiger partial charge in [-0.1, -0.05) is 13.3 Å². The van der Waals surface area contributed by atoms with E-state index < -0.39 is 6.61 Å². The number of halogens is 2. The zero-order valence-electron chi connectivity index (χ0n) is 10.7. The second kappa shape index (κ2) is 7.68. The summed E-state index contributed by atoms with van der Waals surface area (Å²) in [5.74, 6) is 0.0719. The Balaban J connectivity index is 2.50. The number of amides is 1. The van der Waals surface area contributed by atoms with Crippen LogP contribution in [0.4, 0.5) is 14.5 Å². The molecule has 0 spiro atoms. The molecular weight excluding hydrogens is 254 g/mol. The van der Waals surface area contributed by atoms with E-state index in [1.54, 1.807) is 0 Å². The standard InChI is InChI=1S/C13H18F2N2O2/c1-2-9(8-16)7-12(18)17-10-3-5-11(6-4-10)19-13(14)15/h3-6,9,13H,2,7-8,16H2,1H3,(H,17,18). The molecule has 1 unspecified atom stereocenters. The van der Waals surface area contributed by atoms with Gasteiger partial charge in [-0.2, -0.15) is 8.78 Å². The number of nitrogens with two attached hydrogens (primary N) is 1. The number of hydrogen-bond donors (Lipinski definition) is 2. The molecule has 1 amide bonds. The van der Waals surface area contributed by atoms with Crippen LogP contribution in [0.3, 0.4) is 0 Å². The fourth-order valence-electron chi connectivity index (χ4n) is 1.59. The molecule has 106 valence electrons. The summed E-state index contributed by atoms with van der Waals surface area (Å²) in [5.41, 5.74) is 6.06. The molecule has 0 saturated carbocycles. The zero-order chi connectivity index (χ0) is 14.3. The third-order valence-corrected chi connectivity index (χ3v) is 2.75. The van der Waals surface area contributed by atoms with Gasteiger partial charge in [0.1, 0.15) is 5.75 Å². The fraction of sp³-hybridized carbons (Fsp3) is 0.462. The Bertz CT molecular complexity index is 392. The molecule has 0 fully saturated rings. The highest BCUT2D eigenvalue weighted by Gasteiger charge is 2.11. The van der Waals surface area contributed by atoms with E-state index >= 15 is 0 Å². The quantitative estimate of drug-likeness (QED) is 0.802. The highest BCUT2D eigenvalue weighted by molar-refractivity contribution is 5.90. The van der Waals surface area contributed by atoms with E-state index in [-0.39, 0.29) is 17.6 Å². The number of carbonyl (C=O) groups is 1. The van der Waals surface area contributed by atoms with Crippen molar-refractivity contribution in [1.82, 2.24) is 0 Å². The first kappa shape index (κ1) is 15.4. The third kappa shape index (κ3) is 5.65. The third-order valence-electron chi connectivity index (χ3n) is 2.75. The lowest BCUT2D eigenvalue weighted by Gasteiger charge is -2.12. The number of alkyl halides is 2. The molecule has 0 saturated heterocycles. The maximum atomic E-state index is 11.9. The summed E-state index contributed by atoms with van der Waals surface area (Å²) in [6.45, 7) is -0.415. The van der Waals surface area contributed by atoms with Crippen LogP contribution in [-0.4, -0.2) is 19.1 Å². The van der Waals surface area contributed by atoms with Crippen LogP contribution in [0.2, 0.25) is 0 Å². The van der Waals surface area contributed by atoms with E-state index in [2.05, 4.69) is 10.1 Å². The van der Waals surface area contributed by atoms with Gasteiger partial charge >= 0.3 is 6.61 Å². The van der Waals surface area contributed by atoms with Gasteiger partial charge in [0.2, 0.25) is 5.91 Å². The summed E-state index contributed by atoms with van der Waals surface area (Å²) in [4.78, 5) is 11.7. The summed E-state index contributed by atoms with van der Waals surface area (Å²) in [6, 6.07) is 5.78. The van der Waals surface area contributed by atoms with Gasteiger partial charge in [0.15, 0.2) is 0 Å². The van der Waals surface area contributed by atoms with Crippen LogP contribution in [0.5, 0.6) is 5.75 Å². The number of benzene rings is 1. The Morgan fingerprint density at radius 2 is 2.00 bits per heavy atom. The van der Waals surface area contributed by atoms with Gasteiger partial charge in [-0.25, -0.2) is 0 Å². The second-order valence-corrected chi connectivity index (χ2v) is 4.17. The number of hydrogen-bond acceptors (Lipinski definition) is 3. The molecule has 0 bridgehead atoms. The molecular formula is C13H18F2N2O2. The average Bonchev–Trinajstić information content (AvgIpc) is 2.37. The Morgan fingerprint density at radius 1 is 1.37 bits per heavy atom. The van der Waals surface area contributed by atoms with Gasteiger partial charge in [0, 0.05) is 12.1 Å². The molecule has 1 aromatic carbocycles. The number of ether oxygens (including phenoxy) is 1. The molecule has 6 heteroatoms. The normalized spacial score (nSPS) is 12.3. The van der Waals surface area contributed by atoms with Crippen molar-refractivity contribution in [2.24, 2.45) is 11.7 Å². The Hall–Kier alpha value is -1.69. The van der Waals surface area contributed by atoms with Crippen LogP contribution >= 0.6 is 0 Å². The molecule has 0 aliphatic rings. The zero-order valence-corrected chi connectivity index (χ0v) is 10.7. The molecule has 3 N–H and O–H groups in total. The summed E-state index contributed by atoms with van der Waals surface area (Å²) >= 11 is 0. The summed E-state index contributed by atoms with van der Waals surface area (Å²) in [5, 5.41) is 2.68. The first-order valence-corrected chi connectivity index (χ1v) is 6.10. The first-order chi connectivity index (χ1) is 9.05. The Kier molecular flexibility index (Phi) is 6.21. The van der Waals surface area contributed by atoms with Crippen molar-refractivity contribution in [2.75, 3.05) is 11.9 Å². The van der Waals surface area contributed by atoms with Crippen molar-refractivity contribution < 1.29 is 18.3 Å². The van der Waals surface area contributed by atoms with Crippen LogP contribution in [0.15, 0.2) is 24.3 Å². The van der Waals surface area contributed by atoms with E-state index in [0.29, 0.717) is 18.7 Å². The Labute approximate surface area is 110 Å². The first-order valence-electron chi connectivity index (χ1n) is 6.10. The van der Waals surface area contributed by atoms with Gasteiger partial charge < -0.3 is 15.8 Å². The van der Waals surface area contributed by atoms with Crippen LogP contribution in [0.25, 0.3) is 0 Å². The monoisotopic (exact) mass is 272 g/mol. The fourth-order valence-corrected chi connectivity index (χ4v) is 1.59. The highest BCUT2D eigenvalue weighted by atomic mass is 19.3. The van der Waals surface area contributed by atoms with Crippen LogP contribution in [-0.2, 0) is 4.79 Å². The molecule has 19 heavy (non-hydrogen) atoms. The number of carbonyl (C=O) groups excluding carboxylic acids is 1. The number of anilines is 1. The van der Waals surface area contributed by atoms with Gasteiger partial charge in [-0.15, -0.1) is 0 Å². The minimum Gasteiger partial charge on any atom is -0.435 e. The van der Waals surface area contributed by atoms with Crippen LogP contribution in [0.1, 0.15) is 19.8 Å². The predicted octanol–water partition coefficient (Wildman–Crippen LogP) is 2.60. The van der Waals surface area contributed by atoms with Gasteiger partial charge in [0.05, 0.1) is 0 Å². The van der Waals surface area contributed by atoms with Crippen molar-refractivity contribution in [1.29, 1.82) is 0 Å². The lowest BCUT2D eigenvalue weighted by atomic mass is 10.0. The predicted molar refractivity (Wildman–Crippen MR) is 69.2 cm³/mol. The SMILES string of the molecule is CCC(CN)CC(=O)Nc1ccc(OC(F)F)cc1. The molecule has 0 radical (unpaired) electrons. The van der Waals surface area contributed by atoms with E-state index in [0.717, 1.165) is 6.42 Å². The van der Waals surface area contributed by atoms with Crippen LogP contribution in [0, 0.1) is 5.92 Å². The van der Waals surface area contributed by atoms with Gasteiger partial charge in [-0.3, -0.25) is 4.79 Å². The maximum Gasteiger partial charge on any atom is 0.387 e. The number of rotatable bonds is 7. The minimum atomic E-state index is -2.85. The lowest BCUT2D eigenvalue weighted by molar-refractivity contribution is -0.117. The van der Waals surface area contributed by atoms with Gasteiger partial charge in [0.25, 0.3) is 0 Å². The molecule has 0 aromatic heterocycles. The largest absolute Gasteiger partial charge is 0.435 e. The number of nitrogens with one attached hydrogen (secondary N) is 1. The smallest absolute Gasteiger partial charge is 0.387 e. The van der Waals surface area contributed by atoms with Crippen molar-refractivity contribution >= 4 is 11.6 Å². The topological polar surface area (TPSA) is 64.4 Å². The second-order valence-electron chi connectivity index (χ2n) is 4.17. The van der Waals surface area contributed by atoms with Crippen molar-refractivity contribution in [3.63, 3.8) is 0 Å². The summed E-state index contributed by atoms with van der Waals surface area (Å²) < 4.78 is 28.1. The van der Waals surface area contributed by atoms with E-state index in [9.17, 15) is 13.6 Å². The highest BCUT2D eigenvalue weighted by Crippen LogP contribution is 2.18. The van der Waals surface area contributed by atoms with Crippen LogP contribution < -0.4 is 15.8 Å². The van der Waals surface area contributed by atoms with Crippen molar-refractivity contribution in [2.45, 2.75) is 26.4 Å². The Morgan fingerprint density at radius 3 is 2.47 bits per heavy atom. The maximum absolute atomic E-state index is 11.9. The van der Waals surface area contributed by atoms with E-state index in [1.807, 2.05) is 6.92 Å². The summed E-state index contributed by atoms with van der Waals surface area (Å²) in [7, 11) is 0. The minimum absolute atomic E-state index is 0.0568. The molecule has 1 atom stereocenters. The van der Waals surface area contributed by atoms with E-state index in [4.69, 9.17) is 5.73 Å². The molecule has 1 rings (SSSR count). The molecule has 0 heterocycles. The molecule has 4 nitrogen and oxygen atoms in total.